The van der Waals surface area contributed by atoms with Crippen LogP contribution in [0.15, 0.2) is 0 Å². The molecule has 1 heterocycles. The summed E-state index contributed by atoms with van der Waals surface area (Å²) in [5.74, 6) is -0.392. The number of carboxylic acid groups (broad SMARTS) is 1. The first-order chi connectivity index (χ1) is 9.03. The Bertz CT molecular complexity index is 413. The van der Waals surface area contributed by atoms with Crippen LogP contribution in [0.4, 0.5) is 0 Å². The van der Waals surface area contributed by atoms with Gasteiger partial charge in [-0.1, -0.05) is 6.42 Å². The third-order valence-corrected chi connectivity index (χ3v) is 5.17. The molecule has 0 aromatic carbocycles. The van der Waals surface area contributed by atoms with E-state index in [9.17, 15) is 14.7 Å². The Morgan fingerprint density at radius 2 is 2.05 bits per heavy atom. The van der Waals surface area contributed by atoms with E-state index < -0.39 is 11.4 Å². The molecule has 114 valence electrons. The van der Waals surface area contributed by atoms with Gasteiger partial charge in [-0.2, -0.15) is 0 Å². The molecule has 2 saturated carbocycles. The number of nitrogens with one attached hydrogen (secondary N) is 1. The smallest absolute Gasteiger partial charge is 0.311 e. The second-order valence-electron chi connectivity index (χ2n) is 6.44. The number of nitrogens with zero attached hydrogens (tertiary/aromatic N) is 1. The Hall–Kier alpha value is -0.810. The van der Waals surface area contributed by atoms with Gasteiger partial charge < -0.3 is 10.4 Å². The first kappa shape index (κ1) is 15.6. The van der Waals surface area contributed by atoms with Crippen molar-refractivity contribution in [2.75, 3.05) is 13.1 Å². The summed E-state index contributed by atoms with van der Waals surface area (Å²) >= 11 is 0. The van der Waals surface area contributed by atoms with Crippen molar-refractivity contribution >= 4 is 24.3 Å². The number of amides is 1. The van der Waals surface area contributed by atoms with E-state index in [0.717, 1.165) is 38.6 Å². The van der Waals surface area contributed by atoms with Crippen LogP contribution in [0.2, 0.25) is 0 Å². The van der Waals surface area contributed by atoms with E-state index in [1.54, 1.807) is 0 Å². The van der Waals surface area contributed by atoms with Crippen LogP contribution in [-0.2, 0) is 9.59 Å². The molecule has 5 nitrogen and oxygen atoms in total. The summed E-state index contributed by atoms with van der Waals surface area (Å²) in [7, 11) is 0. The number of likely N-dealkylation sites (tertiary alicyclic amines) is 1. The summed E-state index contributed by atoms with van der Waals surface area (Å²) < 4.78 is 0. The number of halogens is 1. The zero-order valence-electron chi connectivity index (χ0n) is 11.8. The molecule has 3 rings (SSSR count). The van der Waals surface area contributed by atoms with Crippen molar-refractivity contribution in [3.63, 3.8) is 0 Å². The minimum absolute atomic E-state index is 0. The Morgan fingerprint density at radius 3 is 2.60 bits per heavy atom. The lowest BCUT2D eigenvalue weighted by Crippen LogP contribution is -2.46. The highest BCUT2D eigenvalue weighted by molar-refractivity contribution is 5.85. The second-order valence-corrected chi connectivity index (χ2v) is 6.44. The molecule has 1 unspecified atom stereocenters. The van der Waals surface area contributed by atoms with E-state index in [4.69, 9.17) is 0 Å². The highest BCUT2D eigenvalue weighted by Gasteiger charge is 2.55. The molecule has 6 heteroatoms. The number of aliphatic carboxylic acids is 1. The van der Waals surface area contributed by atoms with E-state index in [1.807, 2.05) is 6.92 Å². The van der Waals surface area contributed by atoms with Crippen molar-refractivity contribution in [2.45, 2.75) is 51.1 Å². The van der Waals surface area contributed by atoms with Crippen LogP contribution in [0.3, 0.4) is 0 Å². The minimum Gasteiger partial charge on any atom is -0.481 e. The van der Waals surface area contributed by atoms with Crippen LogP contribution >= 0.6 is 12.4 Å². The van der Waals surface area contributed by atoms with Gasteiger partial charge in [-0.25, -0.2) is 0 Å². The molecule has 0 radical (unpaired) electrons. The first-order valence-corrected chi connectivity index (χ1v) is 7.31. The van der Waals surface area contributed by atoms with E-state index in [1.165, 1.54) is 0 Å². The summed E-state index contributed by atoms with van der Waals surface area (Å²) in [4.78, 5) is 25.7. The van der Waals surface area contributed by atoms with E-state index in [2.05, 4.69) is 10.2 Å². The zero-order valence-corrected chi connectivity index (χ0v) is 12.6. The minimum atomic E-state index is -0.674. The fourth-order valence-corrected chi connectivity index (χ4v) is 3.69. The van der Waals surface area contributed by atoms with Crippen LogP contribution in [-0.4, -0.2) is 47.1 Å². The molecule has 0 spiro atoms. The van der Waals surface area contributed by atoms with Crippen LogP contribution < -0.4 is 5.32 Å². The topological polar surface area (TPSA) is 69.6 Å². The maximum absolute atomic E-state index is 12.1. The number of rotatable bonds is 4. The van der Waals surface area contributed by atoms with Crippen molar-refractivity contribution < 1.29 is 14.7 Å². The SMILES string of the molecule is CC(C(=O)NC1CC1)N1C[C@@H]2CCC[C@@]2(C(=O)O)C1.Cl. The van der Waals surface area contributed by atoms with Gasteiger partial charge in [0.1, 0.15) is 0 Å². The highest BCUT2D eigenvalue weighted by Crippen LogP contribution is 2.49. The Labute approximate surface area is 125 Å². The third-order valence-electron chi connectivity index (χ3n) is 5.17. The molecule has 3 atom stereocenters. The summed E-state index contributed by atoms with van der Waals surface area (Å²) in [5.41, 5.74) is -0.589. The predicted molar refractivity (Wildman–Crippen MR) is 76.9 cm³/mol. The molecule has 2 aliphatic carbocycles. The number of carbonyl (C=O) groups is 2. The average molecular weight is 303 g/mol. The molecule has 2 N–H and O–H groups in total. The molecule has 3 fully saturated rings. The molecule has 0 bridgehead atoms. The lowest BCUT2D eigenvalue weighted by Gasteiger charge is -2.26. The van der Waals surface area contributed by atoms with Gasteiger partial charge in [-0.3, -0.25) is 14.5 Å². The van der Waals surface area contributed by atoms with E-state index in [-0.39, 0.29) is 30.3 Å². The van der Waals surface area contributed by atoms with Crippen LogP contribution in [0.1, 0.15) is 39.0 Å². The van der Waals surface area contributed by atoms with Gasteiger partial charge in [0, 0.05) is 19.1 Å². The van der Waals surface area contributed by atoms with Gasteiger partial charge in [0.15, 0.2) is 0 Å². The fraction of sp³-hybridized carbons (Fsp3) is 0.857. The Morgan fingerprint density at radius 1 is 1.35 bits per heavy atom. The normalized spacial score (nSPS) is 34.1. The second kappa shape index (κ2) is 5.53. The average Bonchev–Trinajstić information content (AvgIpc) is 2.94. The summed E-state index contributed by atoms with van der Waals surface area (Å²) in [6, 6.07) is 0.160. The number of carbonyl (C=O) groups excluding carboxylic acids is 1. The van der Waals surface area contributed by atoms with Crippen molar-refractivity contribution in [2.24, 2.45) is 11.3 Å². The number of fused-ring (bicyclic) bond motifs is 1. The molecule has 1 amide bonds. The molecular formula is C14H23ClN2O3. The Kier molecular flexibility index (Phi) is 4.30. The standard InChI is InChI=1S/C14H22N2O3.ClH/c1-9(12(17)15-11-4-5-11)16-7-10-3-2-6-14(10,8-16)13(18)19;/h9-11H,2-8H2,1H3,(H,15,17)(H,18,19);1H/t9?,10-,14+;/m0./s1. The van der Waals surface area contributed by atoms with Gasteiger partial charge in [0.2, 0.25) is 5.91 Å². The van der Waals surface area contributed by atoms with E-state index >= 15 is 0 Å². The van der Waals surface area contributed by atoms with Gasteiger partial charge in [-0.05, 0) is 38.5 Å². The molecular weight excluding hydrogens is 280 g/mol. The molecule has 1 saturated heterocycles. The van der Waals surface area contributed by atoms with Crippen molar-refractivity contribution in [1.29, 1.82) is 0 Å². The number of hydrogen-bond acceptors (Lipinski definition) is 3. The monoisotopic (exact) mass is 302 g/mol. The summed E-state index contributed by atoms with van der Waals surface area (Å²) in [6.45, 7) is 3.19. The highest BCUT2D eigenvalue weighted by atomic mass is 35.5. The predicted octanol–water partition coefficient (Wildman–Crippen LogP) is 1.26. The summed E-state index contributed by atoms with van der Waals surface area (Å²) in [6.07, 6.45) is 4.92. The molecule has 0 aromatic rings. The van der Waals surface area contributed by atoms with Gasteiger partial charge >= 0.3 is 5.97 Å². The lowest BCUT2D eigenvalue weighted by atomic mass is 9.81. The molecule has 1 aliphatic heterocycles. The largest absolute Gasteiger partial charge is 0.481 e. The van der Waals surface area contributed by atoms with Crippen molar-refractivity contribution in [1.82, 2.24) is 10.2 Å². The van der Waals surface area contributed by atoms with Crippen LogP contribution in [0.5, 0.6) is 0 Å². The summed E-state index contributed by atoms with van der Waals surface area (Å²) in [5, 5.41) is 12.6. The fourth-order valence-electron chi connectivity index (χ4n) is 3.69. The quantitative estimate of drug-likeness (QED) is 0.820. The maximum Gasteiger partial charge on any atom is 0.311 e. The van der Waals surface area contributed by atoms with Crippen LogP contribution in [0.25, 0.3) is 0 Å². The maximum atomic E-state index is 12.1. The number of hydrogen-bond donors (Lipinski definition) is 2. The Balaban J connectivity index is 0.00000147. The first-order valence-electron chi connectivity index (χ1n) is 7.31. The van der Waals surface area contributed by atoms with Crippen LogP contribution in [0, 0.1) is 11.3 Å². The van der Waals surface area contributed by atoms with Crippen molar-refractivity contribution in [3.05, 3.63) is 0 Å². The lowest BCUT2D eigenvalue weighted by molar-refractivity contribution is -0.149. The van der Waals surface area contributed by atoms with Gasteiger partial charge in [-0.15, -0.1) is 12.4 Å². The van der Waals surface area contributed by atoms with Crippen molar-refractivity contribution in [3.8, 4) is 0 Å². The molecule has 3 aliphatic rings. The van der Waals surface area contributed by atoms with Gasteiger partial charge in [0.05, 0.1) is 11.5 Å². The molecule has 20 heavy (non-hydrogen) atoms. The van der Waals surface area contributed by atoms with E-state index in [0.29, 0.717) is 12.6 Å². The third kappa shape index (κ3) is 2.53. The number of carboxylic acids is 1. The zero-order chi connectivity index (χ0) is 13.6. The van der Waals surface area contributed by atoms with Gasteiger partial charge in [0.25, 0.3) is 0 Å². The molecule has 0 aromatic heterocycles.